The number of aryl methyl sites for hydroxylation is 1. The first-order chi connectivity index (χ1) is 18.5. The van der Waals surface area contributed by atoms with Crippen LogP contribution in [0.2, 0.25) is 0 Å². The van der Waals surface area contributed by atoms with Gasteiger partial charge in [0.2, 0.25) is 5.91 Å². The molecule has 0 spiro atoms. The minimum atomic E-state index is 0.154. The zero-order chi connectivity index (χ0) is 26.1. The van der Waals surface area contributed by atoms with Crippen molar-refractivity contribution >= 4 is 11.6 Å². The van der Waals surface area contributed by atoms with Gasteiger partial charge in [-0.05, 0) is 105 Å². The number of anilines is 1. The summed E-state index contributed by atoms with van der Waals surface area (Å²) in [5.74, 6) is 1.91. The highest BCUT2D eigenvalue weighted by Gasteiger charge is 2.31. The van der Waals surface area contributed by atoms with Gasteiger partial charge in [-0.25, -0.2) is 0 Å². The average molecular weight is 512 g/mol. The lowest BCUT2D eigenvalue weighted by atomic mass is 9.78. The van der Waals surface area contributed by atoms with Crippen LogP contribution in [0, 0.1) is 18.8 Å². The zero-order valence-electron chi connectivity index (χ0n) is 22.7. The van der Waals surface area contributed by atoms with E-state index in [0.29, 0.717) is 29.5 Å². The van der Waals surface area contributed by atoms with Crippen LogP contribution in [-0.4, -0.2) is 27.3 Å². The van der Waals surface area contributed by atoms with Crippen molar-refractivity contribution in [2.24, 2.45) is 11.8 Å². The molecule has 1 heterocycles. The Morgan fingerprint density at radius 1 is 0.947 bits per heavy atom. The Balaban J connectivity index is 1.20. The lowest BCUT2D eigenvalue weighted by Crippen LogP contribution is -2.41. The molecule has 3 aliphatic rings. The van der Waals surface area contributed by atoms with Crippen LogP contribution in [-0.2, 0) is 4.79 Å². The maximum Gasteiger partial charge on any atom is 0.230 e. The number of hydrogen-bond acceptors (Lipinski definition) is 3. The van der Waals surface area contributed by atoms with E-state index in [0.717, 1.165) is 67.4 Å². The summed E-state index contributed by atoms with van der Waals surface area (Å²) in [6.45, 7) is 2.78. The first-order valence-corrected chi connectivity index (χ1v) is 14.8. The first kappa shape index (κ1) is 25.2. The monoisotopic (exact) mass is 511 g/mol. The fraction of sp³-hybridized carbons (Fsp3) is 0.515. The van der Waals surface area contributed by atoms with Gasteiger partial charge < -0.3 is 10.0 Å². The van der Waals surface area contributed by atoms with E-state index in [4.69, 9.17) is 0 Å². The SMILES string of the molecule is Cc1cc(C2CCC(CN(C(=O)C3CCCCC3)c3cccc(-c4cnn(C5CC5)c4)c3)CC2)ccc1O. The van der Waals surface area contributed by atoms with Crippen LogP contribution in [0.4, 0.5) is 5.69 Å². The summed E-state index contributed by atoms with van der Waals surface area (Å²) in [6, 6.07) is 15.2. The minimum Gasteiger partial charge on any atom is -0.508 e. The Hall–Kier alpha value is -3.08. The molecule has 200 valence electrons. The molecule has 0 aliphatic heterocycles. The van der Waals surface area contributed by atoms with Gasteiger partial charge in [0.1, 0.15) is 5.75 Å². The number of carbonyl (C=O) groups is 1. The van der Waals surface area contributed by atoms with Crippen LogP contribution in [0.3, 0.4) is 0 Å². The fourth-order valence-electron chi connectivity index (χ4n) is 6.64. The van der Waals surface area contributed by atoms with E-state index in [1.54, 1.807) is 0 Å². The number of amides is 1. The summed E-state index contributed by atoms with van der Waals surface area (Å²) in [4.78, 5) is 16.1. The maximum atomic E-state index is 14.0. The molecule has 5 nitrogen and oxygen atoms in total. The lowest BCUT2D eigenvalue weighted by molar-refractivity contribution is -0.123. The highest BCUT2D eigenvalue weighted by atomic mass is 16.3. The predicted molar refractivity (Wildman–Crippen MR) is 152 cm³/mol. The molecule has 0 atom stereocenters. The summed E-state index contributed by atoms with van der Waals surface area (Å²) in [5.41, 5.74) is 5.61. The third-order valence-electron chi connectivity index (χ3n) is 9.21. The predicted octanol–water partition coefficient (Wildman–Crippen LogP) is 7.79. The normalized spacial score (nSPS) is 22.3. The molecule has 0 unspecified atom stereocenters. The lowest BCUT2D eigenvalue weighted by Gasteiger charge is -2.35. The molecule has 3 aromatic rings. The average Bonchev–Trinajstić information content (AvgIpc) is 3.70. The van der Waals surface area contributed by atoms with Gasteiger partial charge in [-0.1, -0.05) is 43.5 Å². The van der Waals surface area contributed by atoms with E-state index < -0.39 is 0 Å². The number of carbonyl (C=O) groups excluding carboxylic acids is 1. The van der Waals surface area contributed by atoms with E-state index in [2.05, 4.69) is 57.3 Å². The number of phenols is 1. The molecule has 1 amide bonds. The molecule has 1 N–H and O–H groups in total. The summed E-state index contributed by atoms with van der Waals surface area (Å²) in [7, 11) is 0. The first-order valence-electron chi connectivity index (χ1n) is 14.8. The Bertz CT molecular complexity index is 1260. The Morgan fingerprint density at radius 3 is 2.47 bits per heavy atom. The van der Waals surface area contributed by atoms with E-state index in [9.17, 15) is 9.90 Å². The van der Waals surface area contributed by atoms with Crippen LogP contribution in [0.15, 0.2) is 54.9 Å². The van der Waals surface area contributed by atoms with Crippen molar-refractivity contribution in [1.29, 1.82) is 0 Å². The van der Waals surface area contributed by atoms with Crippen LogP contribution < -0.4 is 4.90 Å². The Morgan fingerprint density at radius 2 is 1.74 bits per heavy atom. The maximum absolute atomic E-state index is 14.0. The standard InChI is InChI=1S/C33H41N3O2/c1-23-18-28(14-17-32(23)37)25-12-10-24(11-13-25)21-35(33(38)26-6-3-2-4-7-26)31-9-5-8-27(19-31)29-20-34-36(22-29)30-15-16-30/h5,8-9,14,17-20,22,24-26,30,37H,2-4,6-7,10-13,15-16,21H2,1H3. The molecule has 5 heteroatoms. The van der Waals surface area contributed by atoms with Crippen molar-refractivity contribution in [2.45, 2.75) is 89.5 Å². The van der Waals surface area contributed by atoms with E-state index in [1.165, 1.54) is 37.7 Å². The Labute approximate surface area is 226 Å². The molecule has 0 bridgehead atoms. The van der Waals surface area contributed by atoms with Crippen molar-refractivity contribution in [3.63, 3.8) is 0 Å². The third kappa shape index (κ3) is 5.52. The molecule has 38 heavy (non-hydrogen) atoms. The number of nitrogens with zero attached hydrogens (tertiary/aromatic N) is 3. The van der Waals surface area contributed by atoms with Crippen LogP contribution in [0.1, 0.15) is 93.7 Å². The van der Waals surface area contributed by atoms with Crippen molar-refractivity contribution in [3.8, 4) is 16.9 Å². The van der Waals surface area contributed by atoms with Gasteiger partial charge in [0, 0.05) is 29.9 Å². The summed E-state index contributed by atoms with van der Waals surface area (Å²) < 4.78 is 2.10. The number of benzene rings is 2. The molecule has 6 rings (SSSR count). The number of phenolic OH excluding ortho intramolecular Hbond substituents is 1. The molecule has 0 saturated heterocycles. The minimum absolute atomic E-state index is 0.154. The van der Waals surface area contributed by atoms with Gasteiger partial charge in [-0.15, -0.1) is 0 Å². The quantitative estimate of drug-likeness (QED) is 0.352. The van der Waals surface area contributed by atoms with E-state index >= 15 is 0 Å². The number of hydrogen-bond donors (Lipinski definition) is 1. The zero-order valence-corrected chi connectivity index (χ0v) is 22.7. The molecular formula is C33H41N3O2. The Kier molecular flexibility index (Phi) is 7.27. The molecule has 2 aromatic carbocycles. The number of aromatic hydroxyl groups is 1. The smallest absolute Gasteiger partial charge is 0.230 e. The number of aromatic nitrogens is 2. The van der Waals surface area contributed by atoms with Gasteiger partial charge in [-0.2, -0.15) is 5.10 Å². The van der Waals surface area contributed by atoms with Gasteiger partial charge >= 0.3 is 0 Å². The molecule has 1 aromatic heterocycles. The van der Waals surface area contributed by atoms with Crippen molar-refractivity contribution in [1.82, 2.24) is 9.78 Å². The molecule has 3 saturated carbocycles. The highest BCUT2D eigenvalue weighted by Crippen LogP contribution is 2.39. The van der Waals surface area contributed by atoms with E-state index in [1.807, 2.05) is 19.2 Å². The third-order valence-corrected chi connectivity index (χ3v) is 9.21. The topological polar surface area (TPSA) is 58.4 Å². The fourth-order valence-corrected chi connectivity index (χ4v) is 6.64. The summed E-state index contributed by atoms with van der Waals surface area (Å²) in [5, 5.41) is 14.5. The molecule has 3 fully saturated rings. The van der Waals surface area contributed by atoms with Crippen molar-refractivity contribution in [2.75, 3.05) is 11.4 Å². The second-order valence-electron chi connectivity index (χ2n) is 12.0. The second-order valence-corrected chi connectivity index (χ2v) is 12.0. The van der Waals surface area contributed by atoms with Crippen molar-refractivity contribution < 1.29 is 9.90 Å². The van der Waals surface area contributed by atoms with Gasteiger partial charge in [0.15, 0.2) is 0 Å². The van der Waals surface area contributed by atoms with Gasteiger partial charge in [0.05, 0.1) is 12.2 Å². The highest BCUT2D eigenvalue weighted by molar-refractivity contribution is 5.95. The van der Waals surface area contributed by atoms with Crippen molar-refractivity contribution in [3.05, 3.63) is 66.0 Å². The number of rotatable bonds is 7. The molecule has 3 aliphatic carbocycles. The summed E-state index contributed by atoms with van der Waals surface area (Å²) >= 11 is 0. The van der Waals surface area contributed by atoms with Gasteiger partial charge in [-0.3, -0.25) is 9.48 Å². The van der Waals surface area contributed by atoms with E-state index in [-0.39, 0.29) is 5.92 Å². The van der Waals surface area contributed by atoms with Crippen LogP contribution >= 0.6 is 0 Å². The van der Waals surface area contributed by atoms with Gasteiger partial charge in [0.25, 0.3) is 0 Å². The summed E-state index contributed by atoms with van der Waals surface area (Å²) in [6.07, 6.45) is 16.8. The molecule has 0 radical (unpaired) electrons. The van der Waals surface area contributed by atoms with Crippen LogP contribution in [0.25, 0.3) is 11.1 Å². The largest absolute Gasteiger partial charge is 0.508 e. The second kappa shape index (κ2) is 11.0. The van der Waals surface area contributed by atoms with Crippen LogP contribution in [0.5, 0.6) is 5.75 Å². The molecular weight excluding hydrogens is 470 g/mol.